The molecule has 5 nitrogen and oxygen atoms in total. The average Bonchev–Trinajstić information content (AvgIpc) is 2.41. The van der Waals surface area contributed by atoms with Gasteiger partial charge >= 0.3 is 0 Å². The lowest BCUT2D eigenvalue weighted by atomic mass is 10.1. The minimum absolute atomic E-state index is 0.0167. The molecular weight excluding hydrogens is 280 g/mol. The fraction of sp³-hybridized carbons (Fsp3) is 0.571. The average molecular weight is 299 g/mol. The molecule has 1 aromatic rings. The lowest BCUT2D eigenvalue weighted by Crippen LogP contribution is -2.41. The van der Waals surface area contributed by atoms with Crippen LogP contribution in [0, 0.1) is 10.1 Å². The Bertz CT molecular complexity index is 485. The third-order valence-corrected chi connectivity index (χ3v) is 3.92. The van der Waals surface area contributed by atoms with E-state index in [1.54, 1.807) is 6.07 Å². The molecule has 1 aliphatic rings. The Kier molecular flexibility index (Phi) is 4.83. The normalized spacial score (nSPS) is 17.4. The van der Waals surface area contributed by atoms with Crippen molar-refractivity contribution in [1.82, 2.24) is 4.90 Å². The van der Waals surface area contributed by atoms with Crippen LogP contribution in [0.1, 0.15) is 26.7 Å². The van der Waals surface area contributed by atoms with E-state index in [-0.39, 0.29) is 11.8 Å². The van der Waals surface area contributed by atoms with Gasteiger partial charge in [0, 0.05) is 31.3 Å². The fourth-order valence-electron chi connectivity index (χ4n) is 2.39. The molecular formula is C14H19ClN2O3. The van der Waals surface area contributed by atoms with Crippen LogP contribution in [0.5, 0.6) is 5.75 Å². The summed E-state index contributed by atoms with van der Waals surface area (Å²) in [5.41, 5.74) is -0.0167. The van der Waals surface area contributed by atoms with E-state index in [0.29, 0.717) is 16.8 Å². The van der Waals surface area contributed by atoms with Gasteiger partial charge in [0.1, 0.15) is 11.9 Å². The third kappa shape index (κ3) is 3.61. The molecule has 0 saturated carbocycles. The molecule has 1 aromatic carbocycles. The molecule has 2 rings (SSSR count). The number of halogens is 1. The predicted octanol–water partition coefficient (Wildman–Crippen LogP) is 3.50. The van der Waals surface area contributed by atoms with Crippen molar-refractivity contribution in [2.75, 3.05) is 13.1 Å². The zero-order chi connectivity index (χ0) is 14.7. The van der Waals surface area contributed by atoms with Crippen molar-refractivity contribution in [2.45, 2.75) is 38.8 Å². The van der Waals surface area contributed by atoms with E-state index in [0.717, 1.165) is 25.9 Å². The zero-order valence-electron chi connectivity index (χ0n) is 11.7. The maximum absolute atomic E-state index is 10.7. The van der Waals surface area contributed by atoms with E-state index in [1.165, 1.54) is 12.1 Å². The van der Waals surface area contributed by atoms with Crippen LogP contribution in [0.15, 0.2) is 18.2 Å². The van der Waals surface area contributed by atoms with E-state index < -0.39 is 4.92 Å². The summed E-state index contributed by atoms with van der Waals surface area (Å²) in [4.78, 5) is 12.6. The summed E-state index contributed by atoms with van der Waals surface area (Å²) in [6, 6.07) is 4.89. The van der Waals surface area contributed by atoms with Gasteiger partial charge in [-0.1, -0.05) is 11.6 Å². The monoisotopic (exact) mass is 298 g/mol. The maximum Gasteiger partial charge on any atom is 0.271 e. The lowest BCUT2D eigenvalue weighted by Gasteiger charge is -2.34. The molecule has 110 valence electrons. The molecule has 0 amide bonds. The molecule has 0 atom stereocenters. The van der Waals surface area contributed by atoms with Crippen LogP contribution in [-0.4, -0.2) is 35.1 Å². The number of ether oxygens (including phenoxy) is 1. The highest BCUT2D eigenvalue weighted by molar-refractivity contribution is 6.32. The quantitative estimate of drug-likeness (QED) is 0.630. The number of benzene rings is 1. The first-order valence-corrected chi connectivity index (χ1v) is 7.20. The van der Waals surface area contributed by atoms with Crippen molar-refractivity contribution in [3.63, 3.8) is 0 Å². The number of piperidine rings is 1. The van der Waals surface area contributed by atoms with Crippen LogP contribution in [0.4, 0.5) is 5.69 Å². The summed E-state index contributed by atoms with van der Waals surface area (Å²) in [6.07, 6.45) is 2.03. The Balaban J connectivity index is 1.96. The van der Waals surface area contributed by atoms with Gasteiger partial charge in [-0.2, -0.15) is 0 Å². The van der Waals surface area contributed by atoms with Gasteiger partial charge in [-0.3, -0.25) is 10.1 Å². The van der Waals surface area contributed by atoms with Gasteiger partial charge in [-0.15, -0.1) is 0 Å². The highest BCUT2D eigenvalue weighted by atomic mass is 35.5. The van der Waals surface area contributed by atoms with Gasteiger partial charge in [-0.05, 0) is 32.8 Å². The van der Waals surface area contributed by atoms with Crippen molar-refractivity contribution < 1.29 is 9.66 Å². The molecule has 0 N–H and O–H groups in total. The second-order valence-corrected chi connectivity index (χ2v) is 5.73. The number of nitro benzene ring substituents is 1. The van der Waals surface area contributed by atoms with E-state index in [4.69, 9.17) is 16.3 Å². The van der Waals surface area contributed by atoms with Crippen molar-refractivity contribution in [2.24, 2.45) is 0 Å². The van der Waals surface area contributed by atoms with E-state index in [2.05, 4.69) is 18.7 Å². The number of nitro groups is 1. The second-order valence-electron chi connectivity index (χ2n) is 5.32. The predicted molar refractivity (Wildman–Crippen MR) is 78.5 cm³/mol. The van der Waals surface area contributed by atoms with E-state index >= 15 is 0 Å². The lowest BCUT2D eigenvalue weighted by molar-refractivity contribution is -0.384. The molecule has 0 bridgehead atoms. The molecule has 0 radical (unpaired) electrons. The smallest absolute Gasteiger partial charge is 0.271 e. The summed E-state index contributed by atoms with van der Waals surface area (Å²) in [5.74, 6) is 0.528. The minimum Gasteiger partial charge on any atom is -0.489 e. The van der Waals surface area contributed by atoms with Gasteiger partial charge in [0.25, 0.3) is 5.69 Å². The standard InChI is InChI=1S/C14H19ClN2O3/c1-10(2)16-7-5-12(6-8-16)20-14-4-3-11(17(18)19)9-13(14)15/h3-4,9-10,12H,5-8H2,1-2H3. The summed E-state index contributed by atoms with van der Waals surface area (Å²) in [7, 11) is 0. The van der Waals surface area contributed by atoms with E-state index in [1.807, 2.05) is 0 Å². The molecule has 0 aromatic heterocycles. The first kappa shape index (κ1) is 15.1. The summed E-state index contributed by atoms with van der Waals surface area (Å²) < 4.78 is 5.87. The number of nitrogens with zero attached hydrogens (tertiary/aromatic N) is 2. The molecule has 1 fully saturated rings. The van der Waals surface area contributed by atoms with Crippen molar-refractivity contribution in [3.05, 3.63) is 33.3 Å². The van der Waals surface area contributed by atoms with Crippen molar-refractivity contribution >= 4 is 17.3 Å². The number of rotatable bonds is 4. The summed E-state index contributed by atoms with van der Waals surface area (Å²) >= 11 is 6.03. The first-order chi connectivity index (χ1) is 9.47. The topological polar surface area (TPSA) is 55.6 Å². The Labute approximate surface area is 123 Å². The number of non-ortho nitro benzene ring substituents is 1. The van der Waals surface area contributed by atoms with Crippen molar-refractivity contribution in [3.8, 4) is 5.75 Å². The number of hydrogen-bond acceptors (Lipinski definition) is 4. The molecule has 1 heterocycles. The molecule has 6 heteroatoms. The Morgan fingerprint density at radius 1 is 1.40 bits per heavy atom. The van der Waals surface area contributed by atoms with Crippen LogP contribution >= 0.6 is 11.6 Å². The molecule has 0 unspecified atom stereocenters. The minimum atomic E-state index is -0.462. The second kappa shape index (κ2) is 6.41. The summed E-state index contributed by atoms with van der Waals surface area (Å²) in [6.45, 7) is 6.39. The van der Waals surface area contributed by atoms with E-state index in [9.17, 15) is 10.1 Å². The van der Waals surface area contributed by atoms with Gasteiger partial charge < -0.3 is 9.64 Å². The van der Waals surface area contributed by atoms with Gasteiger partial charge in [0.2, 0.25) is 0 Å². The Morgan fingerprint density at radius 3 is 2.55 bits per heavy atom. The SMILES string of the molecule is CC(C)N1CCC(Oc2ccc([N+](=O)[O-])cc2Cl)CC1. The third-order valence-electron chi connectivity index (χ3n) is 3.63. The highest BCUT2D eigenvalue weighted by Gasteiger charge is 2.23. The molecule has 0 spiro atoms. The number of hydrogen-bond donors (Lipinski definition) is 0. The Hall–Kier alpha value is -1.33. The Morgan fingerprint density at radius 2 is 2.05 bits per heavy atom. The molecule has 20 heavy (non-hydrogen) atoms. The maximum atomic E-state index is 10.7. The fourth-order valence-corrected chi connectivity index (χ4v) is 2.61. The molecule has 1 aliphatic heterocycles. The van der Waals surface area contributed by atoms with Crippen LogP contribution in [0.2, 0.25) is 5.02 Å². The highest BCUT2D eigenvalue weighted by Crippen LogP contribution is 2.30. The first-order valence-electron chi connectivity index (χ1n) is 6.82. The van der Waals surface area contributed by atoms with Crippen LogP contribution in [0.25, 0.3) is 0 Å². The molecule has 1 saturated heterocycles. The zero-order valence-corrected chi connectivity index (χ0v) is 12.5. The van der Waals surface area contributed by atoms with Crippen molar-refractivity contribution in [1.29, 1.82) is 0 Å². The van der Waals surface area contributed by atoms with Gasteiger partial charge in [0.15, 0.2) is 0 Å². The van der Waals surface area contributed by atoms with Gasteiger partial charge in [-0.25, -0.2) is 0 Å². The van der Waals surface area contributed by atoms with Crippen LogP contribution in [-0.2, 0) is 0 Å². The van der Waals surface area contributed by atoms with Crippen LogP contribution in [0.3, 0.4) is 0 Å². The van der Waals surface area contributed by atoms with Crippen LogP contribution < -0.4 is 4.74 Å². The molecule has 0 aliphatic carbocycles. The summed E-state index contributed by atoms with van der Waals surface area (Å²) in [5, 5.41) is 11.0. The number of likely N-dealkylation sites (tertiary alicyclic amines) is 1. The van der Waals surface area contributed by atoms with Gasteiger partial charge in [0.05, 0.1) is 9.95 Å². The largest absolute Gasteiger partial charge is 0.489 e.